The predicted molar refractivity (Wildman–Crippen MR) is 96.2 cm³/mol. The molecular formula is C17H25BrO4S. The second kappa shape index (κ2) is 8.38. The van der Waals surface area contributed by atoms with E-state index >= 15 is 0 Å². The fourth-order valence-electron chi connectivity index (χ4n) is 2.49. The maximum Gasteiger partial charge on any atom is 0.172 e. The largest absolute Gasteiger partial charge is 0.295 e. The van der Waals surface area contributed by atoms with Gasteiger partial charge in [-0.1, -0.05) is 13.8 Å². The van der Waals surface area contributed by atoms with Crippen molar-refractivity contribution >= 4 is 37.3 Å². The summed E-state index contributed by atoms with van der Waals surface area (Å²) in [4.78, 5) is 24.6. The van der Waals surface area contributed by atoms with Crippen molar-refractivity contribution in [1.82, 2.24) is 0 Å². The van der Waals surface area contributed by atoms with E-state index in [0.717, 1.165) is 5.57 Å². The van der Waals surface area contributed by atoms with E-state index in [1.165, 1.54) is 0 Å². The molecule has 0 radical (unpaired) electrons. The Bertz CT molecular complexity index is 644. The lowest BCUT2D eigenvalue weighted by Crippen LogP contribution is -2.27. The van der Waals surface area contributed by atoms with Gasteiger partial charge in [0.05, 0.1) is 16.0 Å². The lowest BCUT2D eigenvalue weighted by atomic mass is 9.92. The third-order valence-corrected chi connectivity index (χ3v) is 7.05. The highest BCUT2D eigenvalue weighted by Gasteiger charge is 2.27. The van der Waals surface area contributed by atoms with Crippen molar-refractivity contribution in [2.24, 2.45) is 11.8 Å². The zero-order valence-electron chi connectivity index (χ0n) is 14.2. The van der Waals surface area contributed by atoms with Crippen LogP contribution in [0.5, 0.6) is 0 Å². The van der Waals surface area contributed by atoms with E-state index in [9.17, 15) is 18.0 Å². The summed E-state index contributed by atoms with van der Waals surface area (Å²) < 4.78 is 24.7. The first-order valence-corrected chi connectivity index (χ1v) is 10.5. The molecule has 0 amide bonds. The molecule has 6 heteroatoms. The smallest absolute Gasteiger partial charge is 0.172 e. The summed E-state index contributed by atoms with van der Waals surface area (Å²) in [5.41, 5.74) is 1.38. The van der Waals surface area contributed by atoms with Crippen LogP contribution in [0.1, 0.15) is 47.0 Å². The molecule has 0 fully saturated rings. The van der Waals surface area contributed by atoms with Crippen LogP contribution in [0.2, 0.25) is 0 Å². The fraction of sp³-hybridized carbons (Fsp3) is 0.647. The Hall–Kier alpha value is -0.750. The summed E-state index contributed by atoms with van der Waals surface area (Å²) in [6.07, 6.45) is 3.05. The molecule has 0 saturated carbocycles. The van der Waals surface area contributed by atoms with Gasteiger partial charge in [0.25, 0.3) is 0 Å². The molecule has 130 valence electrons. The van der Waals surface area contributed by atoms with E-state index in [4.69, 9.17) is 0 Å². The number of hydrogen-bond acceptors (Lipinski definition) is 4. The summed E-state index contributed by atoms with van der Waals surface area (Å²) in [6.45, 7) is 7.10. The normalized spacial score (nSPS) is 33.7. The Labute approximate surface area is 147 Å². The third kappa shape index (κ3) is 5.99. The van der Waals surface area contributed by atoms with Gasteiger partial charge in [0.2, 0.25) is 0 Å². The lowest BCUT2D eigenvalue weighted by Gasteiger charge is -2.19. The number of rotatable bonds is 0. The number of hydrogen-bond donors (Lipinski definition) is 0. The molecule has 1 rings (SSSR count). The molecule has 4 nitrogen and oxygen atoms in total. The molecule has 0 aromatic rings. The standard InChI is InChI=1S/C17H25BrO4S/c1-11-9-15(18)17(20)14(4)12(2)10-23(21,22)8-6-5-7-16(19)13(11)3/h9,12,14H,5-8,10H2,1-4H3/b13-11+,15-9+. The van der Waals surface area contributed by atoms with Gasteiger partial charge >= 0.3 is 0 Å². The summed E-state index contributed by atoms with van der Waals surface area (Å²) in [5.74, 6) is -0.705. The molecule has 0 aromatic carbocycles. The van der Waals surface area contributed by atoms with Crippen LogP contribution >= 0.6 is 15.9 Å². The quantitative estimate of drug-likeness (QED) is 0.618. The molecule has 0 saturated heterocycles. The predicted octanol–water partition coefficient (Wildman–Crippen LogP) is 3.61. The molecule has 2 unspecified atom stereocenters. The van der Waals surface area contributed by atoms with E-state index in [1.54, 1.807) is 26.8 Å². The Balaban J connectivity index is 3.20. The van der Waals surface area contributed by atoms with Crippen LogP contribution in [-0.4, -0.2) is 31.5 Å². The van der Waals surface area contributed by atoms with Gasteiger partial charge in [0, 0.05) is 12.3 Å². The Morgan fingerprint density at radius 3 is 2.35 bits per heavy atom. The van der Waals surface area contributed by atoms with Gasteiger partial charge in [-0.25, -0.2) is 8.42 Å². The minimum Gasteiger partial charge on any atom is -0.295 e. The van der Waals surface area contributed by atoms with Crippen molar-refractivity contribution in [3.8, 4) is 0 Å². The number of carbonyl (C=O) groups excluding carboxylic acids is 2. The number of sulfone groups is 1. The van der Waals surface area contributed by atoms with Gasteiger partial charge in [0.15, 0.2) is 21.4 Å². The first-order chi connectivity index (χ1) is 10.5. The topological polar surface area (TPSA) is 68.3 Å². The fourth-order valence-corrected chi connectivity index (χ4v) is 5.09. The van der Waals surface area contributed by atoms with Gasteiger partial charge in [-0.05, 0) is 65.8 Å². The molecule has 1 heterocycles. The summed E-state index contributed by atoms with van der Waals surface area (Å²) >= 11 is 3.28. The van der Waals surface area contributed by atoms with Gasteiger partial charge in [0.1, 0.15) is 0 Å². The third-order valence-electron chi connectivity index (χ3n) is 4.48. The lowest BCUT2D eigenvalue weighted by molar-refractivity contribution is -0.119. The van der Waals surface area contributed by atoms with Crippen LogP contribution in [0.3, 0.4) is 0 Å². The van der Waals surface area contributed by atoms with E-state index < -0.39 is 15.8 Å². The summed E-state index contributed by atoms with van der Waals surface area (Å²) in [6, 6.07) is 0. The Kier molecular flexibility index (Phi) is 7.39. The number of allylic oxidation sites excluding steroid dienone is 4. The van der Waals surface area contributed by atoms with Crippen molar-refractivity contribution < 1.29 is 18.0 Å². The monoisotopic (exact) mass is 404 g/mol. The van der Waals surface area contributed by atoms with Crippen molar-refractivity contribution in [1.29, 1.82) is 0 Å². The SMILES string of the molecule is CC1=C(/C)C(=O)CCCCS(=O)(=O)CC(C)C(C)C(=O)/C(Br)=C\1. The highest BCUT2D eigenvalue weighted by atomic mass is 79.9. The van der Waals surface area contributed by atoms with Crippen LogP contribution in [0, 0.1) is 11.8 Å². The van der Waals surface area contributed by atoms with E-state index in [-0.39, 0.29) is 29.0 Å². The summed E-state index contributed by atoms with van der Waals surface area (Å²) in [7, 11) is -3.21. The van der Waals surface area contributed by atoms with Crippen LogP contribution in [0.15, 0.2) is 21.7 Å². The number of Topliss-reactive ketones (excluding diaryl/α,β-unsaturated/α-hetero) is 2. The van der Waals surface area contributed by atoms with Crippen LogP contribution in [0.4, 0.5) is 0 Å². The van der Waals surface area contributed by atoms with Crippen molar-refractivity contribution in [3.05, 3.63) is 21.7 Å². The van der Waals surface area contributed by atoms with Crippen molar-refractivity contribution in [3.63, 3.8) is 0 Å². The van der Waals surface area contributed by atoms with E-state index in [2.05, 4.69) is 15.9 Å². The molecule has 23 heavy (non-hydrogen) atoms. The molecule has 0 aromatic heterocycles. The zero-order valence-corrected chi connectivity index (χ0v) is 16.6. The first-order valence-electron chi connectivity index (χ1n) is 7.87. The maximum atomic E-state index is 12.5. The van der Waals surface area contributed by atoms with Gasteiger partial charge in [-0.2, -0.15) is 0 Å². The number of carbonyl (C=O) groups is 2. The second-order valence-electron chi connectivity index (χ2n) is 6.43. The molecule has 0 N–H and O–H groups in total. The zero-order chi connectivity index (χ0) is 17.8. The second-order valence-corrected chi connectivity index (χ2v) is 9.51. The number of ketones is 2. The Morgan fingerprint density at radius 2 is 1.74 bits per heavy atom. The van der Waals surface area contributed by atoms with Crippen LogP contribution in [0.25, 0.3) is 0 Å². The molecular weight excluding hydrogens is 380 g/mol. The van der Waals surface area contributed by atoms with Gasteiger partial charge in [-0.3, -0.25) is 9.59 Å². The minimum atomic E-state index is -3.21. The number of halogens is 1. The first kappa shape index (κ1) is 20.3. The molecule has 0 bridgehead atoms. The average molecular weight is 405 g/mol. The molecule has 2 atom stereocenters. The molecule has 0 spiro atoms. The minimum absolute atomic E-state index is 0.00197. The molecule has 0 aliphatic carbocycles. The molecule has 1 aliphatic heterocycles. The van der Waals surface area contributed by atoms with Crippen LogP contribution < -0.4 is 0 Å². The molecule has 1 aliphatic rings. The van der Waals surface area contributed by atoms with Crippen LogP contribution in [-0.2, 0) is 19.4 Å². The van der Waals surface area contributed by atoms with Crippen molar-refractivity contribution in [2.45, 2.75) is 47.0 Å². The van der Waals surface area contributed by atoms with E-state index in [0.29, 0.717) is 29.3 Å². The summed E-state index contributed by atoms with van der Waals surface area (Å²) in [5, 5.41) is 0. The van der Waals surface area contributed by atoms with E-state index in [1.807, 2.05) is 6.92 Å². The maximum absolute atomic E-state index is 12.5. The average Bonchev–Trinajstić information content (AvgIpc) is 2.47. The Morgan fingerprint density at radius 1 is 1.13 bits per heavy atom. The van der Waals surface area contributed by atoms with Crippen molar-refractivity contribution in [2.75, 3.05) is 11.5 Å². The van der Waals surface area contributed by atoms with Gasteiger partial charge < -0.3 is 0 Å². The highest BCUT2D eigenvalue weighted by Crippen LogP contribution is 2.24. The van der Waals surface area contributed by atoms with Gasteiger partial charge in [-0.15, -0.1) is 0 Å². The highest BCUT2D eigenvalue weighted by molar-refractivity contribution is 9.12.